The zero-order valence-electron chi connectivity index (χ0n) is 19.0. The SMILES string of the molecule is Cc1cc(CC2=CC=C(N)C(c3c(C)cc(C)cc3C)C2)cc(-c2ccccc2N)c1. The largest absolute Gasteiger partial charge is 0.402 e. The van der Waals surface area contributed by atoms with Gasteiger partial charge in [0.05, 0.1) is 0 Å². The molecule has 158 valence electrons. The number of anilines is 1. The highest BCUT2D eigenvalue weighted by atomic mass is 14.6. The van der Waals surface area contributed by atoms with Crippen molar-refractivity contribution in [2.24, 2.45) is 5.73 Å². The predicted octanol–water partition coefficient (Wildman–Crippen LogP) is 6.67. The first-order chi connectivity index (χ1) is 14.8. The molecular formula is C29H32N2. The van der Waals surface area contributed by atoms with Crippen molar-refractivity contribution in [1.82, 2.24) is 0 Å². The van der Waals surface area contributed by atoms with Crippen LogP contribution in [0.25, 0.3) is 11.1 Å². The Labute approximate surface area is 186 Å². The van der Waals surface area contributed by atoms with Gasteiger partial charge in [-0.25, -0.2) is 0 Å². The van der Waals surface area contributed by atoms with Gasteiger partial charge in [0.1, 0.15) is 0 Å². The van der Waals surface area contributed by atoms with Gasteiger partial charge in [-0.1, -0.05) is 71.3 Å². The van der Waals surface area contributed by atoms with E-state index in [9.17, 15) is 0 Å². The van der Waals surface area contributed by atoms with Crippen molar-refractivity contribution in [2.45, 2.75) is 46.5 Å². The van der Waals surface area contributed by atoms with E-state index < -0.39 is 0 Å². The van der Waals surface area contributed by atoms with E-state index in [1.807, 2.05) is 18.2 Å². The number of benzene rings is 3. The summed E-state index contributed by atoms with van der Waals surface area (Å²) in [6, 6.07) is 19.4. The molecule has 4 N–H and O–H groups in total. The Hall–Kier alpha value is -3.26. The summed E-state index contributed by atoms with van der Waals surface area (Å²) < 4.78 is 0. The number of nitrogens with two attached hydrogens (primary N) is 2. The van der Waals surface area contributed by atoms with Gasteiger partial charge in [-0.3, -0.25) is 0 Å². The van der Waals surface area contributed by atoms with Crippen LogP contribution in [0.15, 0.2) is 78.0 Å². The van der Waals surface area contributed by atoms with Crippen molar-refractivity contribution in [3.8, 4) is 11.1 Å². The van der Waals surface area contributed by atoms with Crippen molar-refractivity contribution in [3.63, 3.8) is 0 Å². The summed E-state index contributed by atoms with van der Waals surface area (Å²) in [6.07, 6.45) is 6.20. The lowest BCUT2D eigenvalue weighted by molar-refractivity contribution is 0.729. The van der Waals surface area contributed by atoms with Gasteiger partial charge in [-0.05, 0) is 80.5 Å². The third-order valence-corrected chi connectivity index (χ3v) is 6.31. The van der Waals surface area contributed by atoms with Crippen molar-refractivity contribution >= 4 is 5.69 Å². The van der Waals surface area contributed by atoms with Crippen LogP contribution in [0.2, 0.25) is 0 Å². The molecule has 0 saturated heterocycles. The Morgan fingerprint density at radius 2 is 1.48 bits per heavy atom. The lowest BCUT2D eigenvalue weighted by Gasteiger charge is -2.27. The quantitative estimate of drug-likeness (QED) is 0.474. The third-order valence-electron chi connectivity index (χ3n) is 6.31. The Bertz CT molecular complexity index is 1170. The van der Waals surface area contributed by atoms with Crippen LogP contribution in [-0.4, -0.2) is 0 Å². The smallest absolute Gasteiger partial charge is 0.0393 e. The van der Waals surface area contributed by atoms with Crippen molar-refractivity contribution in [1.29, 1.82) is 0 Å². The molecule has 3 aromatic carbocycles. The summed E-state index contributed by atoms with van der Waals surface area (Å²) in [4.78, 5) is 0. The normalized spacial score (nSPS) is 16.1. The molecule has 0 bridgehead atoms. The molecule has 2 nitrogen and oxygen atoms in total. The van der Waals surface area contributed by atoms with Gasteiger partial charge in [-0.15, -0.1) is 0 Å². The molecule has 1 atom stereocenters. The molecule has 0 saturated carbocycles. The zero-order chi connectivity index (χ0) is 22.1. The maximum atomic E-state index is 6.49. The van der Waals surface area contributed by atoms with Crippen molar-refractivity contribution in [2.75, 3.05) is 5.73 Å². The molecule has 1 unspecified atom stereocenters. The van der Waals surface area contributed by atoms with Gasteiger partial charge in [-0.2, -0.15) is 0 Å². The highest BCUT2D eigenvalue weighted by Crippen LogP contribution is 2.37. The fourth-order valence-corrected chi connectivity index (χ4v) is 5.06. The third kappa shape index (κ3) is 4.44. The number of aryl methyl sites for hydroxylation is 4. The Morgan fingerprint density at radius 1 is 0.806 bits per heavy atom. The first kappa shape index (κ1) is 21.0. The number of rotatable bonds is 4. The summed E-state index contributed by atoms with van der Waals surface area (Å²) in [7, 11) is 0. The summed E-state index contributed by atoms with van der Waals surface area (Å²) in [6.45, 7) is 8.72. The van der Waals surface area contributed by atoms with Crippen LogP contribution >= 0.6 is 0 Å². The minimum Gasteiger partial charge on any atom is -0.402 e. The van der Waals surface area contributed by atoms with E-state index in [1.54, 1.807) is 0 Å². The summed E-state index contributed by atoms with van der Waals surface area (Å²) >= 11 is 0. The van der Waals surface area contributed by atoms with Crippen LogP contribution in [0, 0.1) is 27.7 Å². The van der Waals surface area contributed by atoms with Gasteiger partial charge in [0.15, 0.2) is 0 Å². The van der Waals surface area contributed by atoms with E-state index in [2.05, 4.69) is 76.2 Å². The van der Waals surface area contributed by atoms with E-state index in [4.69, 9.17) is 11.5 Å². The average Bonchev–Trinajstić information content (AvgIpc) is 2.69. The van der Waals surface area contributed by atoms with E-state index >= 15 is 0 Å². The van der Waals surface area contributed by atoms with Crippen LogP contribution in [0.5, 0.6) is 0 Å². The van der Waals surface area contributed by atoms with Crippen LogP contribution in [0.1, 0.15) is 45.7 Å². The minimum atomic E-state index is 0.245. The molecule has 0 heterocycles. The monoisotopic (exact) mass is 408 g/mol. The second-order valence-corrected chi connectivity index (χ2v) is 9.03. The number of nitrogen functional groups attached to an aromatic ring is 1. The number of hydrogen-bond donors (Lipinski definition) is 2. The van der Waals surface area contributed by atoms with Crippen molar-refractivity contribution in [3.05, 3.63) is 111 Å². The molecule has 3 aromatic rings. The fraction of sp³-hybridized carbons (Fsp3) is 0.241. The van der Waals surface area contributed by atoms with E-state index in [1.165, 1.54) is 44.5 Å². The predicted molar refractivity (Wildman–Crippen MR) is 133 cm³/mol. The topological polar surface area (TPSA) is 52.0 Å². The summed E-state index contributed by atoms with van der Waals surface area (Å²) in [5.41, 5.74) is 26.1. The second-order valence-electron chi connectivity index (χ2n) is 9.03. The molecule has 1 aliphatic carbocycles. The van der Waals surface area contributed by atoms with Gasteiger partial charge >= 0.3 is 0 Å². The molecule has 0 radical (unpaired) electrons. The standard InChI is InChI=1S/C29H32N2/c1-18-11-20(3)29(21(4)12-18)26-17-22(9-10-28(26)31)15-23-13-19(2)14-24(16-23)25-7-5-6-8-27(25)30/h5-14,16,26H,15,17,30-31H2,1-4H3. The molecule has 0 aromatic heterocycles. The van der Waals surface area contributed by atoms with Crippen molar-refractivity contribution < 1.29 is 0 Å². The number of hydrogen-bond acceptors (Lipinski definition) is 2. The Balaban J connectivity index is 1.63. The molecule has 0 spiro atoms. The molecule has 1 aliphatic rings. The molecule has 2 heteroatoms. The fourth-order valence-electron chi connectivity index (χ4n) is 5.06. The average molecular weight is 409 g/mol. The Kier molecular flexibility index (Phi) is 5.73. The highest BCUT2D eigenvalue weighted by molar-refractivity contribution is 5.77. The first-order valence-electron chi connectivity index (χ1n) is 11.0. The summed E-state index contributed by atoms with van der Waals surface area (Å²) in [5.74, 6) is 0.245. The minimum absolute atomic E-state index is 0.245. The van der Waals surface area contributed by atoms with Gasteiger partial charge < -0.3 is 11.5 Å². The van der Waals surface area contributed by atoms with Crippen LogP contribution in [0.4, 0.5) is 5.69 Å². The van der Waals surface area contributed by atoms with E-state index in [-0.39, 0.29) is 5.92 Å². The Morgan fingerprint density at radius 3 is 2.19 bits per heavy atom. The maximum Gasteiger partial charge on any atom is 0.0393 e. The molecule has 4 rings (SSSR count). The lowest BCUT2D eigenvalue weighted by atomic mass is 9.79. The number of allylic oxidation sites excluding steroid dienone is 4. The molecule has 0 aliphatic heterocycles. The van der Waals surface area contributed by atoms with Gasteiger partial charge in [0, 0.05) is 22.9 Å². The highest BCUT2D eigenvalue weighted by Gasteiger charge is 2.23. The molecule has 0 fully saturated rings. The molecular weight excluding hydrogens is 376 g/mol. The lowest BCUT2D eigenvalue weighted by Crippen LogP contribution is -2.17. The second kappa shape index (κ2) is 8.47. The van der Waals surface area contributed by atoms with Crippen LogP contribution in [-0.2, 0) is 6.42 Å². The van der Waals surface area contributed by atoms with E-state index in [0.29, 0.717) is 0 Å². The molecule has 0 amide bonds. The zero-order valence-corrected chi connectivity index (χ0v) is 19.0. The van der Waals surface area contributed by atoms with Gasteiger partial charge in [0.2, 0.25) is 0 Å². The summed E-state index contributed by atoms with van der Waals surface area (Å²) in [5, 5.41) is 0. The van der Waals surface area contributed by atoms with Crippen LogP contribution < -0.4 is 11.5 Å². The molecule has 31 heavy (non-hydrogen) atoms. The van der Waals surface area contributed by atoms with Crippen LogP contribution in [0.3, 0.4) is 0 Å². The van der Waals surface area contributed by atoms with E-state index in [0.717, 1.165) is 29.8 Å². The maximum absolute atomic E-state index is 6.49. The first-order valence-corrected chi connectivity index (χ1v) is 11.0. The van der Waals surface area contributed by atoms with Gasteiger partial charge in [0.25, 0.3) is 0 Å². The number of para-hydroxylation sites is 1.